The topological polar surface area (TPSA) is 38.8 Å². The molecule has 9 atom stereocenters. The lowest BCUT2D eigenvalue weighted by molar-refractivity contribution is -0.169. The number of hydrogen-bond acceptors (Lipinski definition) is 3. The molecule has 1 aromatic carbocycles. The molecule has 4 bridgehead atoms. The van der Waals surface area contributed by atoms with Crippen molar-refractivity contribution in [1.29, 1.82) is 0 Å². The lowest BCUT2D eigenvalue weighted by atomic mass is 9.67. The third-order valence-corrected chi connectivity index (χ3v) is 9.38. The van der Waals surface area contributed by atoms with Crippen LogP contribution in [0.5, 0.6) is 0 Å². The van der Waals surface area contributed by atoms with Crippen LogP contribution in [0, 0.1) is 41.4 Å². The van der Waals surface area contributed by atoms with Crippen LogP contribution in [0.15, 0.2) is 30.3 Å². The van der Waals surface area contributed by atoms with Crippen molar-refractivity contribution < 1.29 is 14.3 Å². The van der Waals surface area contributed by atoms with Crippen molar-refractivity contribution in [1.82, 2.24) is 0 Å². The molecule has 0 spiro atoms. The minimum absolute atomic E-state index is 0.114. The van der Waals surface area contributed by atoms with Crippen LogP contribution in [-0.4, -0.2) is 18.2 Å². The molecular formula is C24H28O3. The third-order valence-electron chi connectivity index (χ3n) is 9.38. The summed E-state index contributed by atoms with van der Waals surface area (Å²) in [4.78, 5) is 13.4. The lowest BCUT2D eigenvalue weighted by Crippen LogP contribution is -2.41. The molecule has 9 unspecified atom stereocenters. The second kappa shape index (κ2) is 5.17. The van der Waals surface area contributed by atoms with Gasteiger partial charge in [-0.3, -0.25) is 4.79 Å². The summed E-state index contributed by atoms with van der Waals surface area (Å²) in [6.45, 7) is 0. The zero-order valence-corrected chi connectivity index (χ0v) is 15.8. The summed E-state index contributed by atoms with van der Waals surface area (Å²) in [7, 11) is 0. The van der Waals surface area contributed by atoms with E-state index in [0.717, 1.165) is 61.7 Å². The van der Waals surface area contributed by atoms with Gasteiger partial charge in [-0.05, 0) is 86.0 Å². The quantitative estimate of drug-likeness (QED) is 0.456. The van der Waals surface area contributed by atoms with E-state index < -0.39 is 0 Å². The second-order valence-corrected chi connectivity index (χ2v) is 10.3. The Balaban J connectivity index is 1.15. The fourth-order valence-electron chi connectivity index (χ4n) is 8.53. The van der Waals surface area contributed by atoms with Crippen molar-refractivity contribution in [3.63, 3.8) is 0 Å². The van der Waals surface area contributed by atoms with Crippen LogP contribution in [0.25, 0.3) is 0 Å². The Kier molecular flexibility index (Phi) is 2.98. The van der Waals surface area contributed by atoms with Gasteiger partial charge in [-0.25, -0.2) is 0 Å². The molecule has 6 aliphatic rings. The average molecular weight is 364 g/mol. The highest BCUT2D eigenvalue weighted by Gasteiger charge is 2.74. The molecule has 1 heterocycles. The Morgan fingerprint density at radius 1 is 0.926 bits per heavy atom. The number of carbonyl (C=O) groups is 1. The van der Waals surface area contributed by atoms with E-state index >= 15 is 0 Å². The first kappa shape index (κ1) is 15.6. The second-order valence-electron chi connectivity index (χ2n) is 10.3. The summed E-state index contributed by atoms with van der Waals surface area (Å²) >= 11 is 0. The monoisotopic (exact) mass is 364 g/mol. The van der Waals surface area contributed by atoms with Crippen LogP contribution in [0.3, 0.4) is 0 Å². The van der Waals surface area contributed by atoms with E-state index in [0.29, 0.717) is 18.1 Å². The summed E-state index contributed by atoms with van der Waals surface area (Å²) in [5.74, 6) is 4.79. The molecule has 0 N–H and O–H groups in total. The number of rotatable bonds is 3. The van der Waals surface area contributed by atoms with E-state index in [4.69, 9.17) is 9.47 Å². The van der Waals surface area contributed by atoms with Gasteiger partial charge in [0.05, 0.1) is 18.1 Å². The van der Waals surface area contributed by atoms with Crippen LogP contribution in [0.1, 0.15) is 50.5 Å². The molecule has 0 aromatic heterocycles. The number of fused-ring (bicyclic) bond motifs is 12. The summed E-state index contributed by atoms with van der Waals surface area (Å²) in [6.07, 6.45) is 9.18. The normalized spacial score (nSPS) is 49.9. The molecule has 1 saturated heterocycles. The summed E-state index contributed by atoms with van der Waals surface area (Å²) in [5.41, 5.74) is 0.838. The molecule has 3 heteroatoms. The van der Waals surface area contributed by atoms with Gasteiger partial charge in [0, 0.05) is 0 Å². The number of esters is 1. The molecule has 7 rings (SSSR count). The summed E-state index contributed by atoms with van der Waals surface area (Å²) < 4.78 is 12.4. The van der Waals surface area contributed by atoms with Crippen molar-refractivity contribution in [2.24, 2.45) is 41.4 Å². The van der Waals surface area contributed by atoms with Gasteiger partial charge >= 0.3 is 5.97 Å². The van der Waals surface area contributed by atoms with Crippen LogP contribution in [-0.2, 0) is 19.9 Å². The molecule has 3 nitrogen and oxygen atoms in total. The first-order valence-electron chi connectivity index (χ1n) is 11.2. The number of carbonyl (C=O) groups excluding carboxylic acids is 1. The molecule has 6 fully saturated rings. The smallest absolute Gasteiger partial charge is 0.310 e. The molecule has 27 heavy (non-hydrogen) atoms. The Morgan fingerprint density at radius 2 is 1.67 bits per heavy atom. The Bertz CT molecular complexity index is 782. The standard InChI is InChI=1S/C24H28O3/c25-23(27-24(8-4-5-9-24)14-6-2-1-3-7-14)16-11-13-10-15(16)20-18-12-17(19(13)20)21-22(18)26-21/h1-3,6-7,13,15-22H,4-5,8-12H2. The zero-order chi connectivity index (χ0) is 17.8. The van der Waals surface area contributed by atoms with E-state index in [1.807, 2.05) is 6.07 Å². The number of epoxide rings is 1. The van der Waals surface area contributed by atoms with Gasteiger partial charge in [-0.15, -0.1) is 0 Å². The third kappa shape index (κ3) is 1.94. The fraction of sp³-hybridized carbons (Fsp3) is 0.708. The maximum atomic E-state index is 13.4. The van der Waals surface area contributed by atoms with Crippen LogP contribution >= 0.6 is 0 Å². The van der Waals surface area contributed by atoms with E-state index in [1.165, 1.54) is 18.4 Å². The first-order chi connectivity index (χ1) is 13.3. The maximum absolute atomic E-state index is 13.4. The molecule has 1 aromatic rings. The van der Waals surface area contributed by atoms with Crippen molar-refractivity contribution in [3.05, 3.63) is 35.9 Å². The molecule has 142 valence electrons. The minimum Gasteiger partial charge on any atom is -0.454 e. The van der Waals surface area contributed by atoms with E-state index in [1.54, 1.807) is 0 Å². The molecule has 0 amide bonds. The van der Waals surface area contributed by atoms with Gasteiger partial charge in [0.15, 0.2) is 0 Å². The van der Waals surface area contributed by atoms with Crippen molar-refractivity contribution in [2.75, 3.05) is 0 Å². The Labute approximate surface area is 160 Å². The lowest BCUT2D eigenvalue weighted by Gasteiger charge is -2.38. The zero-order valence-electron chi connectivity index (χ0n) is 15.8. The van der Waals surface area contributed by atoms with E-state index in [-0.39, 0.29) is 17.5 Å². The summed E-state index contributed by atoms with van der Waals surface area (Å²) in [5, 5.41) is 0. The van der Waals surface area contributed by atoms with Crippen LogP contribution in [0.2, 0.25) is 0 Å². The SMILES string of the molecule is O=C(OC1(c2ccccc2)CCCC1)C1CC2CC1C1C3CC(C4OC34)C21. The highest BCUT2D eigenvalue weighted by Crippen LogP contribution is 2.73. The molecule has 5 aliphatic carbocycles. The minimum atomic E-state index is -0.362. The molecule has 5 saturated carbocycles. The Morgan fingerprint density at radius 3 is 2.44 bits per heavy atom. The first-order valence-corrected chi connectivity index (χ1v) is 11.2. The Hall–Kier alpha value is -1.35. The highest BCUT2D eigenvalue weighted by atomic mass is 16.6. The fourth-order valence-corrected chi connectivity index (χ4v) is 8.53. The molecule has 1 aliphatic heterocycles. The van der Waals surface area contributed by atoms with Gasteiger partial charge in [0.1, 0.15) is 5.60 Å². The number of hydrogen-bond donors (Lipinski definition) is 0. The van der Waals surface area contributed by atoms with Crippen LogP contribution < -0.4 is 0 Å². The maximum Gasteiger partial charge on any atom is 0.310 e. The van der Waals surface area contributed by atoms with Gasteiger partial charge in [0.2, 0.25) is 0 Å². The van der Waals surface area contributed by atoms with Crippen LogP contribution in [0.4, 0.5) is 0 Å². The molecule has 0 radical (unpaired) electrons. The van der Waals surface area contributed by atoms with Crippen molar-refractivity contribution >= 4 is 5.97 Å². The van der Waals surface area contributed by atoms with Gasteiger partial charge < -0.3 is 9.47 Å². The average Bonchev–Trinajstić information content (AvgIpc) is 3.20. The predicted molar refractivity (Wildman–Crippen MR) is 99.6 cm³/mol. The van der Waals surface area contributed by atoms with Crippen molar-refractivity contribution in [2.45, 2.75) is 62.8 Å². The molecular weight excluding hydrogens is 336 g/mol. The summed E-state index contributed by atoms with van der Waals surface area (Å²) in [6, 6.07) is 10.5. The van der Waals surface area contributed by atoms with Crippen molar-refractivity contribution in [3.8, 4) is 0 Å². The number of benzene rings is 1. The largest absolute Gasteiger partial charge is 0.454 e. The van der Waals surface area contributed by atoms with E-state index in [2.05, 4.69) is 24.3 Å². The predicted octanol–water partition coefficient (Wildman–Crippen LogP) is 4.30. The van der Waals surface area contributed by atoms with Gasteiger partial charge in [-0.1, -0.05) is 30.3 Å². The number of ether oxygens (including phenoxy) is 2. The highest BCUT2D eigenvalue weighted by molar-refractivity contribution is 5.74. The van der Waals surface area contributed by atoms with E-state index in [9.17, 15) is 4.79 Å². The van der Waals surface area contributed by atoms with Gasteiger partial charge in [0.25, 0.3) is 0 Å². The van der Waals surface area contributed by atoms with Gasteiger partial charge in [-0.2, -0.15) is 0 Å².